The zero-order chi connectivity index (χ0) is 21.4. The van der Waals surface area contributed by atoms with Gasteiger partial charge in [-0.2, -0.15) is 0 Å². The van der Waals surface area contributed by atoms with Crippen LogP contribution < -0.4 is 10.9 Å². The van der Waals surface area contributed by atoms with Crippen LogP contribution in [0.15, 0.2) is 39.8 Å². The van der Waals surface area contributed by atoms with Crippen LogP contribution in [0.2, 0.25) is 0 Å². The number of benzene rings is 1. The maximum atomic E-state index is 12.8. The van der Waals surface area contributed by atoms with Crippen LogP contribution in [0.1, 0.15) is 66.8 Å². The number of rotatable bonds is 6. The van der Waals surface area contributed by atoms with Crippen LogP contribution in [0, 0.1) is 30.1 Å². The molecular formula is C24H29N3O3S. The predicted molar refractivity (Wildman–Crippen MR) is 118 cm³/mol. The van der Waals surface area contributed by atoms with Crippen LogP contribution in [0.25, 0.3) is 0 Å². The number of aromatic nitrogens is 1. The molecule has 4 saturated carbocycles. The summed E-state index contributed by atoms with van der Waals surface area (Å²) >= 11 is 1.51. The van der Waals surface area contributed by atoms with Gasteiger partial charge in [-0.25, -0.2) is 0 Å². The van der Waals surface area contributed by atoms with Crippen molar-refractivity contribution < 1.29 is 14.1 Å². The van der Waals surface area contributed by atoms with Crippen LogP contribution in [-0.4, -0.2) is 17.0 Å². The number of thioether (sulfide) groups is 1. The molecule has 0 aliphatic heterocycles. The maximum Gasteiger partial charge on any atom is 0.270 e. The lowest BCUT2D eigenvalue weighted by molar-refractivity contribution is -0.130. The summed E-state index contributed by atoms with van der Waals surface area (Å²) in [5.41, 5.74) is 6.86. The van der Waals surface area contributed by atoms with Gasteiger partial charge in [0, 0.05) is 17.4 Å². The van der Waals surface area contributed by atoms with Crippen molar-refractivity contribution in [3.63, 3.8) is 0 Å². The summed E-state index contributed by atoms with van der Waals surface area (Å²) < 4.78 is 5.25. The Bertz CT molecular complexity index is 951. The van der Waals surface area contributed by atoms with E-state index in [0.29, 0.717) is 17.7 Å². The molecule has 6 nitrogen and oxygen atoms in total. The van der Waals surface area contributed by atoms with Crippen LogP contribution >= 0.6 is 11.8 Å². The third kappa shape index (κ3) is 4.52. The first kappa shape index (κ1) is 20.6. The van der Waals surface area contributed by atoms with Gasteiger partial charge in [0.2, 0.25) is 5.91 Å². The van der Waals surface area contributed by atoms with E-state index in [-0.39, 0.29) is 17.2 Å². The molecule has 4 bridgehead atoms. The highest BCUT2D eigenvalue weighted by Gasteiger charge is 2.51. The third-order valence-corrected chi connectivity index (χ3v) is 8.29. The fraction of sp³-hybridized carbons (Fsp3) is 0.542. The summed E-state index contributed by atoms with van der Waals surface area (Å²) in [7, 11) is 0. The second-order valence-electron chi connectivity index (χ2n) is 9.82. The van der Waals surface area contributed by atoms with Gasteiger partial charge in [0.15, 0.2) is 0 Å². The number of carbonyl (C=O) groups is 2. The summed E-state index contributed by atoms with van der Waals surface area (Å²) in [5, 5.41) is 3.90. The van der Waals surface area contributed by atoms with E-state index in [0.717, 1.165) is 34.1 Å². The number of amides is 2. The highest BCUT2D eigenvalue weighted by Crippen LogP contribution is 2.61. The second-order valence-corrected chi connectivity index (χ2v) is 10.8. The quantitative estimate of drug-likeness (QED) is 0.506. The first-order valence-corrected chi connectivity index (χ1v) is 12.2. The Balaban J connectivity index is 1.17. The minimum atomic E-state index is -0.296. The molecule has 0 saturated heterocycles. The molecule has 6 rings (SSSR count). The highest BCUT2D eigenvalue weighted by molar-refractivity contribution is 7.98. The number of nitrogens with zero attached hydrogens (tertiary/aromatic N) is 1. The fourth-order valence-electron chi connectivity index (χ4n) is 6.50. The van der Waals surface area contributed by atoms with Crippen molar-refractivity contribution in [1.82, 2.24) is 16.0 Å². The van der Waals surface area contributed by atoms with Crippen molar-refractivity contribution in [3.8, 4) is 0 Å². The molecule has 2 N–H and O–H groups in total. The molecule has 0 radical (unpaired) electrons. The molecule has 0 atom stereocenters. The molecule has 164 valence electrons. The molecule has 7 heteroatoms. The van der Waals surface area contributed by atoms with Gasteiger partial charge in [-0.1, -0.05) is 17.3 Å². The maximum absolute atomic E-state index is 12.8. The lowest BCUT2D eigenvalue weighted by Gasteiger charge is -2.56. The van der Waals surface area contributed by atoms with Gasteiger partial charge in [0.05, 0.1) is 17.0 Å². The molecule has 4 fully saturated rings. The van der Waals surface area contributed by atoms with Gasteiger partial charge in [-0.15, -0.1) is 11.8 Å². The Labute approximate surface area is 186 Å². The Morgan fingerprint density at radius 1 is 1.10 bits per heavy atom. The van der Waals surface area contributed by atoms with Crippen molar-refractivity contribution in [2.24, 2.45) is 23.2 Å². The van der Waals surface area contributed by atoms with Gasteiger partial charge in [0.25, 0.3) is 5.91 Å². The standard InChI is InChI=1S/C24H29N3O3S/c1-15-6-19(30-27-15)14-31-21-5-3-2-4-20(21)23(29)26-25-22(28)13-24-10-16-7-17(11-24)9-18(8-16)12-24/h2-6,16-18H,7-14H2,1H3,(H,25,28)(H,26,29). The van der Waals surface area contributed by atoms with Gasteiger partial charge < -0.3 is 4.52 Å². The summed E-state index contributed by atoms with van der Waals surface area (Å²) in [5.74, 6) is 3.42. The van der Waals surface area contributed by atoms with E-state index in [1.807, 2.05) is 31.2 Å². The van der Waals surface area contributed by atoms with E-state index in [1.165, 1.54) is 50.3 Å². The van der Waals surface area contributed by atoms with Gasteiger partial charge in [-0.05, 0) is 80.8 Å². The SMILES string of the molecule is Cc1cc(CSc2ccccc2C(=O)NNC(=O)CC23CC4CC(CC(C4)C2)C3)on1. The normalized spacial score (nSPS) is 28.5. The zero-order valence-corrected chi connectivity index (χ0v) is 18.7. The first-order valence-electron chi connectivity index (χ1n) is 11.2. The van der Waals surface area contributed by atoms with E-state index in [4.69, 9.17) is 4.52 Å². The Morgan fingerprint density at radius 2 is 1.77 bits per heavy atom. The van der Waals surface area contributed by atoms with E-state index in [9.17, 15) is 9.59 Å². The molecule has 2 amide bonds. The number of carbonyl (C=O) groups excluding carboxylic acids is 2. The topological polar surface area (TPSA) is 84.2 Å². The molecule has 0 unspecified atom stereocenters. The molecule has 31 heavy (non-hydrogen) atoms. The second kappa shape index (κ2) is 8.34. The smallest absolute Gasteiger partial charge is 0.270 e. The predicted octanol–water partition coefficient (Wildman–Crippen LogP) is 4.64. The molecule has 4 aliphatic rings. The molecule has 1 aromatic carbocycles. The summed E-state index contributed by atoms with van der Waals surface area (Å²) in [6.07, 6.45) is 8.15. The molecule has 1 heterocycles. The first-order chi connectivity index (χ1) is 15.0. The largest absolute Gasteiger partial charge is 0.360 e. The minimum absolute atomic E-state index is 0.0717. The molecule has 0 spiro atoms. The van der Waals surface area contributed by atoms with E-state index in [2.05, 4.69) is 16.0 Å². The monoisotopic (exact) mass is 439 g/mol. The fourth-order valence-corrected chi connectivity index (χ4v) is 7.42. The number of hydrazine groups is 1. The number of hydrogen-bond acceptors (Lipinski definition) is 5. The number of aryl methyl sites for hydroxylation is 1. The average molecular weight is 440 g/mol. The average Bonchev–Trinajstić information content (AvgIpc) is 3.14. The summed E-state index contributed by atoms with van der Waals surface area (Å²) in [6.45, 7) is 1.88. The van der Waals surface area contributed by atoms with Crippen molar-refractivity contribution in [3.05, 3.63) is 47.3 Å². The minimum Gasteiger partial charge on any atom is -0.360 e. The van der Waals surface area contributed by atoms with E-state index in [1.54, 1.807) is 6.07 Å². The van der Waals surface area contributed by atoms with Crippen molar-refractivity contribution in [1.29, 1.82) is 0 Å². The summed E-state index contributed by atoms with van der Waals surface area (Å²) in [4.78, 5) is 26.3. The zero-order valence-electron chi connectivity index (χ0n) is 17.9. The number of nitrogens with one attached hydrogen (secondary N) is 2. The van der Waals surface area contributed by atoms with Crippen LogP contribution in [0.5, 0.6) is 0 Å². The van der Waals surface area contributed by atoms with Crippen molar-refractivity contribution in [2.45, 2.75) is 62.5 Å². The van der Waals surface area contributed by atoms with Crippen LogP contribution in [0.4, 0.5) is 0 Å². The van der Waals surface area contributed by atoms with Crippen LogP contribution in [-0.2, 0) is 10.5 Å². The highest BCUT2D eigenvalue weighted by atomic mass is 32.2. The summed E-state index contributed by atoms with van der Waals surface area (Å²) in [6, 6.07) is 9.29. The molecule has 1 aromatic heterocycles. The van der Waals surface area contributed by atoms with Gasteiger partial charge in [-0.3, -0.25) is 20.4 Å². The van der Waals surface area contributed by atoms with E-state index >= 15 is 0 Å². The van der Waals surface area contributed by atoms with Gasteiger partial charge >= 0.3 is 0 Å². The van der Waals surface area contributed by atoms with Crippen molar-refractivity contribution in [2.75, 3.05) is 0 Å². The lowest BCUT2D eigenvalue weighted by Crippen LogP contribution is -2.50. The third-order valence-electron chi connectivity index (χ3n) is 7.19. The van der Waals surface area contributed by atoms with Crippen molar-refractivity contribution >= 4 is 23.6 Å². The molecular weight excluding hydrogens is 410 g/mol. The van der Waals surface area contributed by atoms with Gasteiger partial charge in [0.1, 0.15) is 5.76 Å². The lowest BCUT2D eigenvalue weighted by atomic mass is 9.49. The Kier molecular flexibility index (Phi) is 5.54. The molecule has 2 aromatic rings. The Morgan fingerprint density at radius 3 is 2.42 bits per heavy atom. The van der Waals surface area contributed by atoms with Crippen LogP contribution in [0.3, 0.4) is 0 Å². The van der Waals surface area contributed by atoms with E-state index < -0.39 is 0 Å². The Hall–Kier alpha value is -2.28. The molecule has 4 aliphatic carbocycles. The number of hydrogen-bond donors (Lipinski definition) is 2.